The summed E-state index contributed by atoms with van der Waals surface area (Å²) in [5.74, 6) is 0.905. The molecule has 0 N–H and O–H groups in total. The molecule has 0 aliphatic heterocycles. The number of halogens is 1. The van der Waals surface area contributed by atoms with Crippen molar-refractivity contribution in [2.45, 2.75) is 32.6 Å². The summed E-state index contributed by atoms with van der Waals surface area (Å²) in [5, 5.41) is 3.26. The molecule has 0 spiro atoms. The van der Waals surface area contributed by atoms with E-state index < -0.39 is 0 Å². The molecule has 0 bridgehead atoms. The molecule has 1 unspecified atom stereocenters. The molecule has 1 aromatic heterocycles. The third kappa shape index (κ3) is 2.26. The van der Waals surface area contributed by atoms with Crippen molar-refractivity contribution in [2.75, 3.05) is 0 Å². The lowest BCUT2D eigenvalue weighted by atomic mass is 9.88. The molecule has 76 valence electrons. The SMILES string of the molecule is CCC1CC=C(c2nc(Br)cs2)CC1. The number of nitrogens with zero attached hydrogens (tertiary/aromatic N) is 1. The zero-order chi connectivity index (χ0) is 9.97. The summed E-state index contributed by atoms with van der Waals surface area (Å²) < 4.78 is 0.969. The Morgan fingerprint density at radius 1 is 1.64 bits per heavy atom. The first-order chi connectivity index (χ1) is 6.79. The fraction of sp³-hybridized carbons (Fsp3) is 0.545. The molecule has 3 heteroatoms. The minimum Gasteiger partial charge on any atom is -0.230 e. The van der Waals surface area contributed by atoms with Gasteiger partial charge in [-0.2, -0.15) is 0 Å². The van der Waals surface area contributed by atoms with Crippen molar-refractivity contribution in [2.24, 2.45) is 5.92 Å². The second-order valence-electron chi connectivity index (χ2n) is 3.75. The van der Waals surface area contributed by atoms with E-state index in [1.54, 1.807) is 11.3 Å². The minimum absolute atomic E-state index is 0.905. The van der Waals surface area contributed by atoms with Crippen LogP contribution in [0.4, 0.5) is 0 Å². The second kappa shape index (κ2) is 4.58. The van der Waals surface area contributed by atoms with Crippen molar-refractivity contribution in [3.05, 3.63) is 21.1 Å². The Morgan fingerprint density at radius 3 is 3.00 bits per heavy atom. The molecule has 0 amide bonds. The van der Waals surface area contributed by atoms with Crippen LogP contribution in [0, 0.1) is 5.92 Å². The van der Waals surface area contributed by atoms with E-state index >= 15 is 0 Å². The molecule has 0 aromatic carbocycles. The summed E-state index contributed by atoms with van der Waals surface area (Å²) in [4.78, 5) is 4.45. The van der Waals surface area contributed by atoms with Crippen LogP contribution in [-0.2, 0) is 0 Å². The molecule has 1 aromatic rings. The third-order valence-electron chi connectivity index (χ3n) is 2.85. The van der Waals surface area contributed by atoms with E-state index in [1.165, 1.54) is 36.3 Å². The maximum Gasteiger partial charge on any atom is 0.120 e. The Morgan fingerprint density at radius 2 is 2.50 bits per heavy atom. The van der Waals surface area contributed by atoms with E-state index in [9.17, 15) is 0 Å². The van der Waals surface area contributed by atoms with E-state index in [0.29, 0.717) is 0 Å². The van der Waals surface area contributed by atoms with Gasteiger partial charge < -0.3 is 0 Å². The molecule has 0 radical (unpaired) electrons. The largest absolute Gasteiger partial charge is 0.230 e. The van der Waals surface area contributed by atoms with Gasteiger partial charge in [0.15, 0.2) is 0 Å². The van der Waals surface area contributed by atoms with Crippen LogP contribution in [0.15, 0.2) is 16.1 Å². The Kier molecular flexibility index (Phi) is 3.39. The number of aromatic nitrogens is 1. The van der Waals surface area contributed by atoms with Gasteiger partial charge in [0.1, 0.15) is 9.61 Å². The molecular formula is C11H14BrNS. The van der Waals surface area contributed by atoms with Crippen LogP contribution in [0.5, 0.6) is 0 Å². The Balaban J connectivity index is 2.10. The number of rotatable bonds is 2. The maximum absolute atomic E-state index is 4.45. The van der Waals surface area contributed by atoms with Gasteiger partial charge in [0.25, 0.3) is 0 Å². The molecule has 1 nitrogen and oxygen atoms in total. The van der Waals surface area contributed by atoms with E-state index in [0.717, 1.165) is 10.5 Å². The van der Waals surface area contributed by atoms with Crippen molar-refractivity contribution >= 4 is 32.8 Å². The van der Waals surface area contributed by atoms with Gasteiger partial charge in [0, 0.05) is 5.38 Å². The van der Waals surface area contributed by atoms with E-state index in [-0.39, 0.29) is 0 Å². The van der Waals surface area contributed by atoms with Crippen LogP contribution in [0.3, 0.4) is 0 Å². The first kappa shape index (κ1) is 10.4. The maximum atomic E-state index is 4.45. The second-order valence-corrected chi connectivity index (χ2v) is 5.42. The monoisotopic (exact) mass is 271 g/mol. The fourth-order valence-electron chi connectivity index (χ4n) is 1.86. The summed E-state index contributed by atoms with van der Waals surface area (Å²) in [5.41, 5.74) is 1.45. The Hall–Kier alpha value is -0.150. The van der Waals surface area contributed by atoms with Gasteiger partial charge in [-0.1, -0.05) is 19.4 Å². The van der Waals surface area contributed by atoms with Crippen LogP contribution in [0.25, 0.3) is 5.57 Å². The zero-order valence-corrected chi connectivity index (χ0v) is 10.7. The van der Waals surface area contributed by atoms with Gasteiger partial charge in [-0.05, 0) is 46.7 Å². The van der Waals surface area contributed by atoms with E-state index in [4.69, 9.17) is 0 Å². The topological polar surface area (TPSA) is 12.9 Å². The van der Waals surface area contributed by atoms with Crippen LogP contribution in [0.2, 0.25) is 0 Å². The van der Waals surface area contributed by atoms with Gasteiger partial charge in [0.2, 0.25) is 0 Å². The quantitative estimate of drug-likeness (QED) is 0.772. The molecule has 2 rings (SSSR count). The average molecular weight is 272 g/mol. The lowest BCUT2D eigenvalue weighted by Gasteiger charge is -2.19. The number of allylic oxidation sites excluding steroid dienone is 2. The minimum atomic E-state index is 0.905. The standard InChI is InChI=1S/C11H14BrNS/c1-2-8-3-5-9(6-4-8)11-13-10(12)7-14-11/h5,7-8H,2-4,6H2,1H3. The summed E-state index contributed by atoms with van der Waals surface area (Å²) in [6.07, 6.45) is 7.47. The molecule has 1 heterocycles. The smallest absolute Gasteiger partial charge is 0.120 e. The van der Waals surface area contributed by atoms with Gasteiger partial charge in [-0.25, -0.2) is 4.98 Å². The Bertz CT molecular complexity index is 343. The molecular weight excluding hydrogens is 258 g/mol. The third-order valence-corrected chi connectivity index (χ3v) is 4.47. The lowest BCUT2D eigenvalue weighted by Crippen LogP contribution is -2.03. The highest BCUT2D eigenvalue weighted by Crippen LogP contribution is 2.33. The normalized spacial score (nSPS) is 22.1. The van der Waals surface area contributed by atoms with E-state index in [2.05, 4.69) is 39.3 Å². The molecule has 1 aliphatic rings. The summed E-state index contributed by atoms with van der Waals surface area (Å²) in [6, 6.07) is 0. The highest BCUT2D eigenvalue weighted by molar-refractivity contribution is 9.10. The lowest BCUT2D eigenvalue weighted by molar-refractivity contribution is 0.470. The van der Waals surface area contributed by atoms with Crippen molar-refractivity contribution < 1.29 is 0 Å². The summed E-state index contributed by atoms with van der Waals surface area (Å²) in [7, 11) is 0. The highest BCUT2D eigenvalue weighted by atomic mass is 79.9. The first-order valence-electron chi connectivity index (χ1n) is 5.10. The van der Waals surface area contributed by atoms with Gasteiger partial charge in [-0.3, -0.25) is 0 Å². The molecule has 1 aliphatic carbocycles. The first-order valence-corrected chi connectivity index (χ1v) is 6.77. The molecule has 0 fully saturated rings. The van der Waals surface area contributed by atoms with Gasteiger partial charge in [0.05, 0.1) is 0 Å². The van der Waals surface area contributed by atoms with Gasteiger partial charge >= 0.3 is 0 Å². The summed E-state index contributed by atoms with van der Waals surface area (Å²) >= 11 is 5.13. The molecule has 0 saturated heterocycles. The van der Waals surface area contributed by atoms with Crippen molar-refractivity contribution in [1.82, 2.24) is 4.98 Å². The molecule has 1 atom stereocenters. The predicted octanol–water partition coefficient (Wildman–Crippen LogP) is 4.50. The molecule has 14 heavy (non-hydrogen) atoms. The van der Waals surface area contributed by atoms with E-state index in [1.807, 2.05) is 0 Å². The number of hydrogen-bond donors (Lipinski definition) is 0. The van der Waals surface area contributed by atoms with Crippen molar-refractivity contribution in [1.29, 1.82) is 0 Å². The fourth-order valence-corrected chi connectivity index (χ4v) is 3.18. The van der Waals surface area contributed by atoms with Crippen molar-refractivity contribution in [3.63, 3.8) is 0 Å². The number of hydrogen-bond acceptors (Lipinski definition) is 2. The van der Waals surface area contributed by atoms with Crippen molar-refractivity contribution in [3.8, 4) is 0 Å². The Labute approximate surface area is 97.4 Å². The van der Waals surface area contributed by atoms with Crippen LogP contribution < -0.4 is 0 Å². The highest BCUT2D eigenvalue weighted by Gasteiger charge is 2.15. The predicted molar refractivity (Wildman–Crippen MR) is 65.4 cm³/mol. The number of thiazole rings is 1. The van der Waals surface area contributed by atoms with Gasteiger partial charge in [-0.15, -0.1) is 11.3 Å². The molecule has 0 saturated carbocycles. The average Bonchev–Trinajstić information content (AvgIpc) is 2.65. The summed E-state index contributed by atoms with van der Waals surface area (Å²) in [6.45, 7) is 2.28. The zero-order valence-electron chi connectivity index (χ0n) is 8.29. The van der Waals surface area contributed by atoms with Crippen LogP contribution in [0.1, 0.15) is 37.6 Å². The van der Waals surface area contributed by atoms with Crippen LogP contribution in [-0.4, -0.2) is 4.98 Å². The van der Waals surface area contributed by atoms with Crippen LogP contribution >= 0.6 is 27.3 Å².